The fraction of sp³-hybridized carbons (Fsp3) is 0.387. The number of piperazine rings is 1. The van der Waals surface area contributed by atoms with E-state index in [2.05, 4.69) is 35.1 Å². The topological polar surface area (TPSA) is 98.9 Å². The highest BCUT2D eigenvalue weighted by molar-refractivity contribution is 5.73. The van der Waals surface area contributed by atoms with Gasteiger partial charge in [0.05, 0.1) is 36.7 Å². The van der Waals surface area contributed by atoms with Gasteiger partial charge in [-0.2, -0.15) is 5.26 Å². The molecular formula is C31H34N4O4. The number of methoxy groups -OCH3 is 1. The molecule has 202 valence electrons. The highest BCUT2D eigenvalue weighted by Gasteiger charge is 2.69. The Morgan fingerprint density at radius 1 is 1.10 bits per heavy atom. The maximum Gasteiger partial charge on any atom is 0.219 e. The number of pyridine rings is 1. The number of nitrogens with zero attached hydrogens (tertiary/aromatic N) is 4. The monoisotopic (exact) mass is 526 g/mol. The highest BCUT2D eigenvalue weighted by Crippen LogP contribution is 2.67. The number of aromatic nitrogens is 1. The summed E-state index contributed by atoms with van der Waals surface area (Å²) in [5.41, 5.74) is 0.860. The van der Waals surface area contributed by atoms with E-state index in [0.29, 0.717) is 29.0 Å². The molecule has 2 aromatic carbocycles. The van der Waals surface area contributed by atoms with E-state index < -0.39 is 11.2 Å². The molecule has 8 heteroatoms. The Bertz CT molecular complexity index is 1370. The third-order valence-electron chi connectivity index (χ3n) is 8.27. The van der Waals surface area contributed by atoms with Crippen molar-refractivity contribution in [2.75, 3.05) is 40.3 Å². The van der Waals surface area contributed by atoms with Gasteiger partial charge >= 0.3 is 0 Å². The van der Waals surface area contributed by atoms with Gasteiger partial charge in [-0.25, -0.2) is 0 Å². The molecule has 1 N–H and O–H groups in total. The minimum atomic E-state index is -1.27. The van der Waals surface area contributed by atoms with Crippen LogP contribution in [0.2, 0.25) is 0 Å². The number of benzene rings is 2. The third-order valence-corrected chi connectivity index (χ3v) is 8.27. The number of hydrogen-bond donors (Lipinski definition) is 1. The number of carbonyl (C=O) groups excluding carboxylic acids is 1. The van der Waals surface area contributed by atoms with Crippen LogP contribution in [0, 0.1) is 11.3 Å². The predicted molar refractivity (Wildman–Crippen MR) is 146 cm³/mol. The lowest BCUT2D eigenvalue weighted by Gasteiger charge is -2.40. The maximum absolute atomic E-state index is 12.2. The van der Waals surface area contributed by atoms with Gasteiger partial charge in [-0.15, -0.1) is 0 Å². The number of nitriles is 1. The second-order valence-corrected chi connectivity index (χ2v) is 10.4. The molecular weight excluding hydrogens is 492 g/mol. The summed E-state index contributed by atoms with van der Waals surface area (Å²) in [5, 5.41) is 21.4. The van der Waals surface area contributed by atoms with E-state index in [0.717, 1.165) is 43.7 Å². The summed E-state index contributed by atoms with van der Waals surface area (Å²) >= 11 is 0. The Morgan fingerprint density at radius 3 is 2.41 bits per heavy atom. The Hall–Kier alpha value is -3.93. The van der Waals surface area contributed by atoms with Crippen LogP contribution in [0.4, 0.5) is 0 Å². The Morgan fingerprint density at radius 2 is 1.79 bits per heavy atom. The van der Waals surface area contributed by atoms with E-state index in [1.54, 1.807) is 38.6 Å². The van der Waals surface area contributed by atoms with Crippen LogP contribution in [0.3, 0.4) is 0 Å². The van der Waals surface area contributed by atoms with Crippen LogP contribution in [0.5, 0.6) is 11.5 Å². The molecule has 3 atom stereocenters. The van der Waals surface area contributed by atoms with Crippen molar-refractivity contribution in [2.24, 2.45) is 0 Å². The summed E-state index contributed by atoms with van der Waals surface area (Å²) in [4.78, 5) is 19.2. The zero-order valence-corrected chi connectivity index (χ0v) is 22.6. The van der Waals surface area contributed by atoms with Crippen molar-refractivity contribution >= 4 is 5.91 Å². The molecule has 2 fully saturated rings. The molecule has 1 aliphatic carbocycles. The van der Waals surface area contributed by atoms with Crippen LogP contribution in [0.15, 0.2) is 67.0 Å². The molecule has 0 bridgehead atoms. The lowest BCUT2D eigenvalue weighted by atomic mass is 9.71. The summed E-state index contributed by atoms with van der Waals surface area (Å²) in [6.45, 7) is 5.45. The zero-order valence-electron chi connectivity index (χ0n) is 22.6. The van der Waals surface area contributed by atoms with Gasteiger partial charge in [0.15, 0.2) is 5.60 Å². The maximum atomic E-state index is 12.2. The SMILES string of the molecule is CC(=O)N1CCN(C)CC1.COc1cncc2c1C1(O)CCC(c3ccccc3)C1(c1ccc(C#N)cc1)O2. The number of hydrogen-bond acceptors (Lipinski definition) is 7. The molecule has 0 radical (unpaired) electrons. The van der Waals surface area contributed by atoms with Crippen molar-refractivity contribution in [3.05, 3.63) is 89.2 Å². The summed E-state index contributed by atoms with van der Waals surface area (Å²) in [6, 6.07) is 19.6. The van der Waals surface area contributed by atoms with Gasteiger partial charge in [0.2, 0.25) is 5.91 Å². The Balaban J connectivity index is 0.000000261. The predicted octanol–water partition coefficient (Wildman–Crippen LogP) is 3.80. The van der Waals surface area contributed by atoms with Crippen molar-refractivity contribution in [3.8, 4) is 17.6 Å². The normalized spacial score (nSPS) is 25.4. The van der Waals surface area contributed by atoms with Crippen molar-refractivity contribution in [3.63, 3.8) is 0 Å². The lowest BCUT2D eigenvalue weighted by molar-refractivity contribution is -0.130. The fourth-order valence-corrected chi connectivity index (χ4v) is 6.23. The third kappa shape index (κ3) is 4.52. The molecule has 8 nitrogen and oxygen atoms in total. The standard InChI is InChI=1S/C24H20N2O3.C7H14N2O/c1-28-20-14-26-15-21-22(20)23(27)12-11-19(17-5-3-2-4-6-17)24(23,29-21)18-9-7-16(13-25)8-10-18;1-7(10)9-5-3-8(2)4-6-9/h2-10,14-15,19,27H,11-12H2,1H3;3-6H2,1-2H3. The van der Waals surface area contributed by atoms with Crippen molar-refractivity contribution in [2.45, 2.75) is 36.9 Å². The second kappa shape index (κ2) is 10.7. The number of carbonyl (C=O) groups is 1. The molecule has 3 heterocycles. The molecule has 0 spiro atoms. The van der Waals surface area contributed by atoms with Crippen LogP contribution in [0.25, 0.3) is 0 Å². The molecule has 6 rings (SSSR count). The zero-order chi connectivity index (χ0) is 27.6. The van der Waals surface area contributed by atoms with E-state index in [9.17, 15) is 15.2 Å². The first-order chi connectivity index (χ1) is 18.8. The molecule has 2 aliphatic heterocycles. The van der Waals surface area contributed by atoms with Gasteiger partial charge in [-0.05, 0) is 43.1 Å². The largest absolute Gasteiger partial charge is 0.495 e. The van der Waals surface area contributed by atoms with E-state index in [4.69, 9.17) is 9.47 Å². The van der Waals surface area contributed by atoms with Crippen LogP contribution >= 0.6 is 0 Å². The minimum absolute atomic E-state index is 0.0706. The summed E-state index contributed by atoms with van der Waals surface area (Å²) in [7, 11) is 3.66. The first-order valence-electron chi connectivity index (χ1n) is 13.3. The number of rotatable bonds is 3. The van der Waals surface area contributed by atoms with Gasteiger partial charge in [0.1, 0.15) is 17.1 Å². The summed E-state index contributed by atoms with van der Waals surface area (Å²) in [6.07, 6.45) is 4.54. The highest BCUT2D eigenvalue weighted by atomic mass is 16.5. The van der Waals surface area contributed by atoms with E-state index in [1.165, 1.54) is 0 Å². The summed E-state index contributed by atoms with van der Waals surface area (Å²) < 4.78 is 12.2. The average Bonchev–Trinajstić information content (AvgIpc) is 3.41. The number of ether oxygens (including phenoxy) is 2. The van der Waals surface area contributed by atoms with Crippen LogP contribution in [-0.4, -0.2) is 66.1 Å². The molecule has 3 unspecified atom stereocenters. The Kier molecular flexibility index (Phi) is 7.30. The van der Waals surface area contributed by atoms with E-state index in [1.807, 2.05) is 35.2 Å². The second-order valence-electron chi connectivity index (χ2n) is 10.4. The number of amides is 1. The first kappa shape index (κ1) is 26.7. The van der Waals surface area contributed by atoms with Gasteiger partial charge in [-0.3, -0.25) is 9.78 Å². The van der Waals surface area contributed by atoms with Crippen molar-refractivity contribution in [1.82, 2.24) is 14.8 Å². The smallest absolute Gasteiger partial charge is 0.219 e. The Labute approximate surface area is 229 Å². The molecule has 1 saturated heterocycles. The van der Waals surface area contributed by atoms with Gasteiger partial charge in [0.25, 0.3) is 0 Å². The van der Waals surface area contributed by atoms with Gasteiger partial charge in [-0.1, -0.05) is 42.5 Å². The van der Waals surface area contributed by atoms with Crippen LogP contribution in [0.1, 0.15) is 47.9 Å². The molecule has 1 aromatic heterocycles. The van der Waals surface area contributed by atoms with Crippen molar-refractivity contribution in [1.29, 1.82) is 5.26 Å². The summed E-state index contributed by atoms with van der Waals surface area (Å²) in [5.74, 6) is 1.19. The molecule has 39 heavy (non-hydrogen) atoms. The van der Waals surface area contributed by atoms with Gasteiger partial charge < -0.3 is 24.4 Å². The minimum Gasteiger partial charge on any atom is -0.495 e. The molecule has 3 aromatic rings. The quantitative estimate of drug-likeness (QED) is 0.554. The number of likely N-dealkylation sites (N-methyl/N-ethyl adjacent to an activating group) is 1. The number of aliphatic hydroxyl groups is 1. The molecule has 1 amide bonds. The first-order valence-corrected chi connectivity index (χ1v) is 13.3. The van der Waals surface area contributed by atoms with Crippen LogP contribution in [-0.2, 0) is 16.0 Å². The number of fused-ring (bicyclic) bond motifs is 3. The van der Waals surface area contributed by atoms with Gasteiger partial charge in [0, 0.05) is 39.0 Å². The van der Waals surface area contributed by atoms with Crippen LogP contribution < -0.4 is 9.47 Å². The van der Waals surface area contributed by atoms with E-state index in [-0.39, 0.29) is 11.8 Å². The molecule has 3 aliphatic rings. The molecule has 1 saturated carbocycles. The fourth-order valence-electron chi connectivity index (χ4n) is 6.23. The van der Waals surface area contributed by atoms with Crippen molar-refractivity contribution < 1.29 is 19.4 Å². The lowest BCUT2D eigenvalue weighted by Crippen LogP contribution is -2.48. The van der Waals surface area contributed by atoms with E-state index >= 15 is 0 Å². The average molecular weight is 527 g/mol.